The van der Waals surface area contributed by atoms with Crippen molar-refractivity contribution >= 4 is 0 Å². The lowest BCUT2D eigenvalue weighted by Crippen LogP contribution is -2.14. The van der Waals surface area contributed by atoms with E-state index in [1.807, 2.05) is 25.4 Å². The standard InChI is InChI=1S/C23H28F2N2O/c1-3-5-6-7-21-26-14-18(15-27-21)16-8-10-17(11-9-16)19-12-13-20(28-4-2)23(25)22(19)24/h3,5,12-17H,4,6-11H2,1-2H3. The molecule has 1 aliphatic rings. The Labute approximate surface area is 165 Å². The summed E-state index contributed by atoms with van der Waals surface area (Å²) in [5.41, 5.74) is 1.61. The van der Waals surface area contributed by atoms with Crippen molar-refractivity contribution in [3.8, 4) is 5.75 Å². The van der Waals surface area contributed by atoms with E-state index in [9.17, 15) is 8.78 Å². The monoisotopic (exact) mass is 386 g/mol. The van der Waals surface area contributed by atoms with Crippen LogP contribution >= 0.6 is 0 Å². The number of nitrogens with zero attached hydrogens (tertiary/aromatic N) is 2. The van der Waals surface area contributed by atoms with Gasteiger partial charge in [0.05, 0.1) is 6.61 Å². The van der Waals surface area contributed by atoms with Crippen molar-refractivity contribution in [2.75, 3.05) is 6.61 Å². The highest BCUT2D eigenvalue weighted by atomic mass is 19.2. The molecule has 1 aromatic carbocycles. The minimum Gasteiger partial charge on any atom is -0.491 e. The lowest BCUT2D eigenvalue weighted by Gasteiger charge is -2.29. The molecule has 0 saturated heterocycles. The Bertz CT molecular complexity index is 797. The molecule has 1 fully saturated rings. The molecule has 1 heterocycles. The Kier molecular flexibility index (Phi) is 7.12. The molecule has 0 unspecified atom stereocenters. The van der Waals surface area contributed by atoms with Gasteiger partial charge < -0.3 is 4.74 Å². The number of hydrogen-bond acceptors (Lipinski definition) is 3. The summed E-state index contributed by atoms with van der Waals surface area (Å²) in [6.45, 7) is 4.08. The van der Waals surface area contributed by atoms with Crippen molar-refractivity contribution in [2.24, 2.45) is 0 Å². The van der Waals surface area contributed by atoms with Gasteiger partial charge >= 0.3 is 0 Å². The van der Waals surface area contributed by atoms with Gasteiger partial charge in [0.15, 0.2) is 11.6 Å². The molecule has 0 atom stereocenters. The first kappa shape index (κ1) is 20.4. The van der Waals surface area contributed by atoms with E-state index in [4.69, 9.17) is 4.74 Å². The molecule has 3 rings (SSSR count). The summed E-state index contributed by atoms with van der Waals surface area (Å²) >= 11 is 0. The van der Waals surface area contributed by atoms with Crippen LogP contribution in [-0.4, -0.2) is 16.6 Å². The summed E-state index contributed by atoms with van der Waals surface area (Å²) in [5, 5.41) is 0. The second kappa shape index (κ2) is 9.76. The zero-order chi connectivity index (χ0) is 19.9. The fourth-order valence-corrected chi connectivity index (χ4v) is 3.95. The normalized spacial score (nSPS) is 19.9. The van der Waals surface area contributed by atoms with Crippen molar-refractivity contribution < 1.29 is 13.5 Å². The summed E-state index contributed by atoms with van der Waals surface area (Å²) in [6.07, 6.45) is 13.3. The molecule has 0 radical (unpaired) electrons. The topological polar surface area (TPSA) is 35.0 Å². The third-order valence-electron chi connectivity index (χ3n) is 5.51. The molecule has 5 heteroatoms. The number of benzene rings is 1. The number of halogens is 2. The average Bonchev–Trinajstić information content (AvgIpc) is 2.73. The number of aromatic nitrogens is 2. The van der Waals surface area contributed by atoms with Gasteiger partial charge in [0.25, 0.3) is 0 Å². The molecule has 1 aromatic heterocycles. The largest absolute Gasteiger partial charge is 0.491 e. The number of ether oxygens (including phenoxy) is 1. The second-order valence-corrected chi connectivity index (χ2v) is 7.30. The van der Waals surface area contributed by atoms with E-state index in [1.165, 1.54) is 0 Å². The van der Waals surface area contributed by atoms with Gasteiger partial charge in [-0.2, -0.15) is 4.39 Å². The lowest BCUT2D eigenvalue weighted by molar-refractivity contribution is 0.310. The van der Waals surface area contributed by atoms with Gasteiger partial charge in [0.2, 0.25) is 5.82 Å². The lowest BCUT2D eigenvalue weighted by atomic mass is 9.76. The molecular weight excluding hydrogens is 358 g/mol. The molecule has 0 aliphatic heterocycles. The molecule has 28 heavy (non-hydrogen) atoms. The highest BCUT2D eigenvalue weighted by Crippen LogP contribution is 2.41. The predicted molar refractivity (Wildman–Crippen MR) is 107 cm³/mol. The van der Waals surface area contributed by atoms with Crippen molar-refractivity contribution in [2.45, 2.75) is 64.2 Å². The fraction of sp³-hybridized carbons (Fsp3) is 0.478. The maximum absolute atomic E-state index is 14.5. The highest BCUT2D eigenvalue weighted by Gasteiger charge is 2.27. The molecule has 0 N–H and O–H groups in total. The van der Waals surface area contributed by atoms with E-state index in [-0.39, 0.29) is 11.7 Å². The minimum absolute atomic E-state index is 0.0101. The number of hydrogen-bond donors (Lipinski definition) is 0. The quantitative estimate of drug-likeness (QED) is 0.539. The van der Waals surface area contributed by atoms with Crippen molar-refractivity contribution in [3.05, 3.63) is 65.3 Å². The first-order chi connectivity index (χ1) is 13.6. The molecule has 3 nitrogen and oxygen atoms in total. The molecular formula is C23H28F2N2O. The second-order valence-electron chi connectivity index (χ2n) is 7.30. The van der Waals surface area contributed by atoms with Gasteiger partial charge in [-0.15, -0.1) is 0 Å². The van der Waals surface area contributed by atoms with E-state index in [0.29, 0.717) is 18.1 Å². The third-order valence-corrected chi connectivity index (χ3v) is 5.51. The van der Waals surface area contributed by atoms with Gasteiger partial charge in [0.1, 0.15) is 5.82 Å². The summed E-state index contributed by atoms with van der Waals surface area (Å²) < 4.78 is 33.8. The van der Waals surface area contributed by atoms with Crippen LogP contribution in [-0.2, 0) is 6.42 Å². The van der Waals surface area contributed by atoms with Crippen LogP contribution in [0.3, 0.4) is 0 Å². The summed E-state index contributed by atoms with van der Waals surface area (Å²) in [7, 11) is 0. The van der Waals surface area contributed by atoms with Crippen LogP contribution < -0.4 is 4.74 Å². The SMILES string of the molecule is CC=CCCc1ncc(C2CCC(c3ccc(OCC)c(F)c3F)CC2)cn1. The van der Waals surface area contributed by atoms with Crippen LogP contribution in [0.2, 0.25) is 0 Å². The first-order valence-electron chi connectivity index (χ1n) is 10.2. The number of aryl methyl sites for hydroxylation is 1. The molecule has 1 saturated carbocycles. The molecule has 0 amide bonds. The third kappa shape index (κ3) is 4.75. The first-order valence-corrected chi connectivity index (χ1v) is 10.2. The van der Waals surface area contributed by atoms with Crippen LogP contribution in [0, 0.1) is 11.6 Å². The summed E-state index contributed by atoms with van der Waals surface area (Å²) in [6, 6.07) is 3.22. The maximum atomic E-state index is 14.5. The van der Waals surface area contributed by atoms with Crippen LogP contribution in [0.5, 0.6) is 5.75 Å². The van der Waals surface area contributed by atoms with Crippen molar-refractivity contribution in [1.29, 1.82) is 0 Å². The van der Waals surface area contributed by atoms with Gasteiger partial charge in [-0.1, -0.05) is 18.2 Å². The van der Waals surface area contributed by atoms with E-state index in [2.05, 4.69) is 16.0 Å². The van der Waals surface area contributed by atoms with Gasteiger partial charge in [-0.05, 0) is 75.0 Å². The zero-order valence-corrected chi connectivity index (χ0v) is 16.6. The Hall–Kier alpha value is -2.30. The van der Waals surface area contributed by atoms with E-state index in [0.717, 1.165) is 49.9 Å². The predicted octanol–water partition coefficient (Wildman–Crippen LogP) is 6.10. The maximum Gasteiger partial charge on any atom is 0.200 e. The Morgan fingerprint density at radius 2 is 1.71 bits per heavy atom. The van der Waals surface area contributed by atoms with Crippen molar-refractivity contribution in [3.63, 3.8) is 0 Å². The van der Waals surface area contributed by atoms with E-state index in [1.54, 1.807) is 19.1 Å². The van der Waals surface area contributed by atoms with E-state index >= 15 is 0 Å². The summed E-state index contributed by atoms with van der Waals surface area (Å²) in [4.78, 5) is 8.97. The fourth-order valence-electron chi connectivity index (χ4n) is 3.95. The number of allylic oxidation sites excluding steroid dienone is 2. The van der Waals surface area contributed by atoms with Gasteiger partial charge in [0, 0.05) is 18.8 Å². The average molecular weight is 386 g/mol. The van der Waals surface area contributed by atoms with Crippen LogP contribution in [0.25, 0.3) is 0 Å². The molecule has 0 spiro atoms. The van der Waals surface area contributed by atoms with E-state index < -0.39 is 11.6 Å². The number of rotatable bonds is 7. The van der Waals surface area contributed by atoms with Gasteiger partial charge in [-0.3, -0.25) is 0 Å². The Morgan fingerprint density at radius 1 is 1.04 bits per heavy atom. The molecule has 150 valence electrons. The van der Waals surface area contributed by atoms with Gasteiger partial charge in [-0.25, -0.2) is 14.4 Å². The minimum atomic E-state index is -0.872. The van der Waals surface area contributed by atoms with Crippen LogP contribution in [0.4, 0.5) is 8.78 Å². The molecule has 1 aliphatic carbocycles. The van der Waals surface area contributed by atoms with Crippen LogP contribution in [0.15, 0.2) is 36.7 Å². The highest BCUT2D eigenvalue weighted by molar-refractivity contribution is 5.33. The molecule has 2 aromatic rings. The smallest absolute Gasteiger partial charge is 0.200 e. The molecule has 0 bridgehead atoms. The Morgan fingerprint density at radius 3 is 2.36 bits per heavy atom. The van der Waals surface area contributed by atoms with Crippen LogP contribution in [0.1, 0.15) is 74.7 Å². The summed E-state index contributed by atoms with van der Waals surface area (Å²) in [5.74, 6) is -0.350. The zero-order valence-electron chi connectivity index (χ0n) is 16.6. The van der Waals surface area contributed by atoms with Crippen molar-refractivity contribution in [1.82, 2.24) is 9.97 Å². The Balaban J connectivity index is 1.61.